The van der Waals surface area contributed by atoms with Crippen molar-refractivity contribution < 1.29 is 23.9 Å². The topological polar surface area (TPSA) is 90.2 Å². The highest BCUT2D eigenvalue weighted by Gasteiger charge is 2.59. The van der Waals surface area contributed by atoms with Gasteiger partial charge in [-0.15, -0.1) is 0 Å². The van der Waals surface area contributed by atoms with Crippen molar-refractivity contribution in [3.63, 3.8) is 0 Å². The minimum Gasteiger partial charge on any atom is -0.479 e. The molecule has 1 aromatic carbocycles. The lowest BCUT2D eigenvalue weighted by molar-refractivity contribution is -0.148. The molecule has 2 aromatic rings. The van der Waals surface area contributed by atoms with Gasteiger partial charge >= 0.3 is 5.97 Å². The molecule has 1 saturated carbocycles. The maximum atomic E-state index is 12.9. The zero-order valence-corrected chi connectivity index (χ0v) is 19.6. The van der Waals surface area contributed by atoms with Crippen molar-refractivity contribution >= 4 is 24.0 Å². The van der Waals surface area contributed by atoms with Crippen molar-refractivity contribution in [2.75, 3.05) is 7.11 Å². The third-order valence-electron chi connectivity index (χ3n) is 7.17. The van der Waals surface area contributed by atoms with Gasteiger partial charge in [0.25, 0.3) is 11.8 Å². The Hall–Kier alpha value is -3.68. The van der Waals surface area contributed by atoms with E-state index in [0.717, 1.165) is 34.1 Å². The number of fused-ring (bicyclic) bond motifs is 5. The normalized spacial score (nSPS) is 25.9. The van der Waals surface area contributed by atoms with Gasteiger partial charge in [0.1, 0.15) is 5.75 Å². The smallest absolute Gasteiger partial charge is 0.346 e. The van der Waals surface area contributed by atoms with Crippen molar-refractivity contribution in [3.05, 3.63) is 59.4 Å². The summed E-state index contributed by atoms with van der Waals surface area (Å²) < 4.78 is 12.4. The molecule has 176 valence electrons. The van der Waals surface area contributed by atoms with Gasteiger partial charge in [0.15, 0.2) is 6.10 Å². The number of allylic oxidation sites excluding steroid dienone is 2. The predicted octanol–water partition coefficient (Wildman–Crippen LogP) is 3.18. The molecule has 2 aliphatic carbocycles. The van der Waals surface area contributed by atoms with Gasteiger partial charge in [-0.3, -0.25) is 9.59 Å². The zero-order valence-electron chi connectivity index (χ0n) is 19.6. The van der Waals surface area contributed by atoms with E-state index in [1.165, 1.54) is 7.11 Å². The average Bonchev–Trinajstić information content (AvgIpc) is 3.56. The summed E-state index contributed by atoms with van der Waals surface area (Å²) in [6.07, 6.45) is 5.95. The molecule has 2 heterocycles. The maximum absolute atomic E-state index is 12.9. The van der Waals surface area contributed by atoms with Crippen LogP contribution < -0.4 is 4.74 Å². The van der Waals surface area contributed by atoms with Crippen LogP contribution in [0.2, 0.25) is 0 Å². The lowest BCUT2D eigenvalue weighted by atomic mass is 9.85. The molecule has 3 aliphatic rings. The minimum atomic E-state index is -0.699. The summed E-state index contributed by atoms with van der Waals surface area (Å²) in [4.78, 5) is 37.3. The molecule has 34 heavy (non-hydrogen) atoms. The first-order valence-corrected chi connectivity index (χ1v) is 11.4. The molecular weight excluding hydrogens is 434 g/mol. The van der Waals surface area contributed by atoms with Gasteiger partial charge in [-0.25, -0.2) is 4.79 Å². The van der Waals surface area contributed by atoms with Gasteiger partial charge in [-0.1, -0.05) is 12.2 Å². The van der Waals surface area contributed by atoms with E-state index >= 15 is 0 Å². The second-order valence-corrected chi connectivity index (χ2v) is 9.17. The second kappa shape index (κ2) is 8.27. The van der Waals surface area contributed by atoms with E-state index in [-0.39, 0.29) is 35.5 Å². The largest absolute Gasteiger partial charge is 0.479 e. The number of imide groups is 1. The Balaban J connectivity index is 1.34. The number of carbonyl (C=O) groups is 3. The number of methoxy groups -OCH3 is 1. The number of aromatic nitrogens is 1. The van der Waals surface area contributed by atoms with Gasteiger partial charge in [0.2, 0.25) is 0 Å². The van der Waals surface area contributed by atoms with Crippen molar-refractivity contribution in [3.8, 4) is 11.4 Å². The Morgan fingerprint density at radius 1 is 1.09 bits per heavy atom. The standard InChI is InChI=1S/C26H27N3O5/c1-14-11-19(13-27-29-24(30)22-17-5-6-18(12-17)23(22)25(29)31)15(2)28(14)20-7-9-21(10-8-20)34-16(3)26(32)33-4/h5-11,13,16-18,22-23H,12H2,1-4H3. The molecule has 8 heteroatoms. The summed E-state index contributed by atoms with van der Waals surface area (Å²) in [7, 11) is 1.33. The SMILES string of the molecule is COC(=O)C(C)Oc1ccc(-n2c(C)cc(C=NN3C(=O)C4C5C=CC(C5)C4C3=O)c2C)cc1. The molecule has 2 fully saturated rings. The first kappa shape index (κ1) is 22.1. The van der Waals surface area contributed by atoms with Crippen LogP contribution in [-0.2, 0) is 19.1 Å². The van der Waals surface area contributed by atoms with Crippen LogP contribution in [0.1, 0.15) is 30.3 Å². The Bertz CT molecular complexity index is 1200. The summed E-state index contributed by atoms with van der Waals surface area (Å²) >= 11 is 0. The molecule has 1 aromatic heterocycles. The molecule has 1 aliphatic heterocycles. The number of hydrogen-bond donors (Lipinski definition) is 0. The number of hydrogen-bond acceptors (Lipinski definition) is 6. The molecule has 2 bridgehead atoms. The van der Waals surface area contributed by atoms with E-state index in [1.807, 2.05) is 32.0 Å². The number of aryl methyl sites for hydroxylation is 1. The summed E-state index contributed by atoms with van der Waals surface area (Å²) in [6.45, 7) is 5.58. The second-order valence-electron chi connectivity index (χ2n) is 9.17. The Morgan fingerprint density at radius 3 is 2.29 bits per heavy atom. The monoisotopic (exact) mass is 461 g/mol. The van der Waals surface area contributed by atoms with E-state index in [0.29, 0.717) is 5.75 Å². The molecule has 5 rings (SSSR count). The van der Waals surface area contributed by atoms with Crippen molar-refractivity contribution in [2.45, 2.75) is 33.3 Å². The quantitative estimate of drug-likeness (QED) is 0.285. The van der Waals surface area contributed by atoms with Crippen molar-refractivity contribution in [1.29, 1.82) is 0 Å². The first-order valence-electron chi connectivity index (χ1n) is 11.4. The van der Waals surface area contributed by atoms with Gasteiger partial charge in [-0.2, -0.15) is 10.1 Å². The highest BCUT2D eigenvalue weighted by Crippen LogP contribution is 2.52. The Morgan fingerprint density at radius 2 is 1.71 bits per heavy atom. The van der Waals surface area contributed by atoms with Gasteiger partial charge in [-0.05, 0) is 69.4 Å². The minimum absolute atomic E-state index is 0.166. The Labute approximate surface area is 197 Å². The third-order valence-corrected chi connectivity index (χ3v) is 7.17. The molecule has 0 spiro atoms. The molecule has 0 N–H and O–H groups in total. The van der Waals surface area contributed by atoms with Crippen molar-refractivity contribution in [1.82, 2.24) is 9.58 Å². The number of hydrazone groups is 1. The molecule has 8 nitrogen and oxygen atoms in total. The summed E-state index contributed by atoms with van der Waals surface area (Å²) in [5, 5.41) is 5.39. The molecule has 5 unspecified atom stereocenters. The predicted molar refractivity (Wildman–Crippen MR) is 125 cm³/mol. The highest BCUT2D eigenvalue weighted by molar-refractivity contribution is 6.06. The zero-order chi connectivity index (χ0) is 24.1. The highest BCUT2D eigenvalue weighted by atomic mass is 16.6. The summed E-state index contributed by atoms with van der Waals surface area (Å²) in [5.41, 5.74) is 3.65. The van der Waals surface area contributed by atoms with Crippen LogP contribution in [0.15, 0.2) is 47.6 Å². The van der Waals surface area contributed by atoms with E-state index < -0.39 is 12.1 Å². The van der Waals surface area contributed by atoms with E-state index in [9.17, 15) is 14.4 Å². The Kier molecular flexibility index (Phi) is 5.38. The van der Waals surface area contributed by atoms with Crippen LogP contribution in [-0.4, -0.2) is 46.8 Å². The molecule has 5 atom stereocenters. The first-order chi connectivity index (χ1) is 16.3. The summed E-state index contributed by atoms with van der Waals surface area (Å²) in [5.74, 6) is -0.427. The number of rotatable bonds is 6. The number of carbonyl (C=O) groups excluding carboxylic acids is 3. The molecular formula is C26H27N3O5. The average molecular weight is 462 g/mol. The molecule has 2 amide bonds. The van der Waals surface area contributed by atoms with Gasteiger partial charge in [0.05, 0.1) is 25.2 Å². The van der Waals surface area contributed by atoms with Crippen LogP contribution in [0.4, 0.5) is 0 Å². The van der Waals surface area contributed by atoms with Crippen molar-refractivity contribution in [2.24, 2.45) is 28.8 Å². The van der Waals surface area contributed by atoms with E-state index in [1.54, 1.807) is 25.3 Å². The lowest BCUT2D eigenvalue weighted by Crippen LogP contribution is -2.28. The number of benzene rings is 1. The summed E-state index contributed by atoms with van der Waals surface area (Å²) in [6, 6.07) is 9.36. The fraction of sp³-hybridized carbons (Fsp3) is 0.385. The fourth-order valence-electron chi connectivity index (χ4n) is 5.53. The number of ether oxygens (including phenoxy) is 2. The maximum Gasteiger partial charge on any atom is 0.346 e. The van der Waals surface area contributed by atoms with Crippen LogP contribution >= 0.6 is 0 Å². The van der Waals surface area contributed by atoms with E-state index in [4.69, 9.17) is 9.47 Å². The van der Waals surface area contributed by atoms with Gasteiger partial charge in [0, 0.05) is 22.6 Å². The van der Waals surface area contributed by atoms with Crippen LogP contribution in [0.5, 0.6) is 5.75 Å². The van der Waals surface area contributed by atoms with Crippen LogP contribution in [0.3, 0.4) is 0 Å². The number of amides is 2. The fourth-order valence-corrected chi connectivity index (χ4v) is 5.53. The van der Waals surface area contributed by atoms with Gasteiger partial charge < -0.3 is 14.0 Å². The molecule has 1 saturated heterocycles. The third kappa shape index (κ3) is 3.45. The number of esters is 1. The number of nitrogens with zero attached hydrogens (tertiary/aromatic N) is 3. The molecule has 0 radical (unpaired) electrons. The van der Waals surface area contributed by atoms with Crippen LogP contribution in [0, 0.1) is 37.5 Å². The lowest BCUT2D eigenvalue weighted by Gasteiger charge is -2.14. The van der Waals surface area contributed by atoms with E-state index in [2.05, 4.69) is 21.8 Å². The van der Waals surface area contributed by atoms with Crippen LogP contribution in [0.25, 0.3) is 5.69 Å².